The Balaban J connectivity index is 1.07. The van der Waals surface area contributed by atoms with Gasteiger partial charge in [-0.05, 0) is 92.0 Å². The lowest BCUT2D eigenvalue weighted by Crippen LogP contribution is -2.34. The summed E-state index contributed by atoms with van der Waals surface area (Å²) in [5.74, 6) is 0. The van der Waals surface area contributed by atoms with E-state index < -0.39 is 0 Å². The second-order valence-electron chi connectivity index (χ2n) is 17.7. The molecule has 0 unspecified atom stereocenters. The van der Waals surface area contributed by atoms with E-state index in [0.29, 0.717) is 0 Å². The smallest absolute Gasteiger partial charge is 0.116 e. The quantitative estimate of drug-likeness (QED) is 0.169. The second-order valence-corrected chi connectivity index (χ2v) is 17.7. The average Bonchev–Trinajstić information content (AvgIpc) is 3.65. The molecule has 0 aliphatic carbocycles. The first-order valence-corrected chi connectivity index (χ1v) is 21.2. The van der Waals surface area contributed by atoms with E-state index in [4.69, 9.17) is 15.0 Å². The summed E-state index contributed by atoms with van der Waals surface area (Å²) in [6, 6.07) is 61.1. The van der Waals surface area contributed by atoms with Crippen LogP contribution in [0.25, 0.3) is 94.8 Å². The zero-order valence-corrected chi connectivity index (χ0v) is 34.6. The number of rotatable bonds is 6. The van der Waals surface area contributed by atoms with Crippen molar-refractivity contribution in [1.82, 2.24) is 19.5 Å². The summed E-state index contributed by atoms with van der Waals surface area (Å²) in [5.41, 5.74) is 23.2. The zero-order valence-electron chi connectivity index (χ0n) is 34.6. The molecule has 0 amide bonds. The lowest BCUT2D eigenvalue weighted by Gasteiger charge is -2.41. The van der Waals surface area contributed by atoms with Crippen LogP contribution in [-0.2, 0) is 10.8 Å². The van der Waals surface area contributed by atoms with Crippen LogP contribution < -0.4 is 0 Å². The van der Waals surface area contributed by atoms with E-state index >= 15 is 0 Å². The Kier molecular flexibility index (Phi) is 7.59. The van der Waals surface area contributed by atoms with Crippen molar-refractivity contribution in [3.8, 4) is 72.7 Å². The van der Waals surface area contributed by atoms with E-state index in [-0.39, 0.29) is 10.8 Å². The molecule has 0 spiro atoms. The predicted molar refractivity (Wildman–Crippen MR) is 251 cm³/mol. The Bertz CT molecular complexity index is 3190. The van der Waals surface area contributed by atoms with Crippen molar-refractivity contribution >= 4 is 22.1 Å². The van der Waals surface area contributed by atoms with Gasteiger partial charge in [-0.2, -0.15) is 0 Å². The monoisotopic (exact) mass is 782 g/mol. The van der Waals surface area contributed by atoms with E-state index in [9.17, 15) is 0 Å². The van der Waals surface area contributed by atoms with E-state index in [1.807, 2.05) is 0 Å². The van der Waals surface area contributed by atoms with Gasteiger partial charge in [0.1, 0.15) is 11.0 Å². The highest BCUT2D eigenvalue weighted by molar-refractivity contribution is 6.11. The lowest BCUT2D eigenvalue weighted by atomic mass is 9.69. The summed E-state index contributed by atoms with van der Waals surface area (Å²) < 4.78 is 2.47. The first-order chi connectivity index (χ1) is 29.7. The van der Waals surface area contributed by atoms with Crippen LogP contribution in [0, 0.1) is 0 Å². The summed E-state index contributed by atoms with van der Waals surface area (Å²) in [7, 11) is 0. The molecule has 6 heterocycles. The molecule has 61 heavy (non-hydrogen) atoms. The van der Waals surface area contributed by atoms with E-state index in [1.54, 1.807) is 0 Å². The minimum Gasteiger partial charge on any atom is -0.305 e. The zero-order chi connectivity index (χ0) is 41.0. The fourth-order valence-corrected chi connectivity index (χ4v) is 10.1. The van der Waals surface area contributed by atoms with Crippen molar-refractivity contribution in [2.45, 2.75) is 38.5 Å². The molecule has 0 atom stereocenters. The fourth-order valence-electron chi connectivity index (χ4n) is 10.1. The van der Waals surface area contributed by atoms with Gasteiger partial charge in [-0.25, -0.2) is 9.97 Å². The van der Waals surface area contributed by atoms with Gasteiger partial charge in [0, 0.05) is 45.5 Å². The maximum atomic E-state index is 5.63. The van der Waals surface area contributed by atoms with Gasteiger partial charge in [-0.3, -0.25) is 4.98 Å². The molecule has 0 radical (unpaired) electrons. The van der Waals surface area contributed by atoms with Gasteiger partial charge < -0.3 is 4.57 Å². The number of aromatic nitrogens is 4. The highest BCUT2D eigenvalue weighted by Crippen LogP contribution is 2.55. The number of pyridine rings is 3. The molecule has 6 aromatic carbocycles. The van der Waals surface area contributed by atoms with Crippen molar-refractivity contribution in [1.29, 1.82) is 0 Å². The van der Waals surface area contributed by atoms with Crippen LogP contribution in [0.5, 0.6) is 0 Å². The first-order valence-electron chi connectivity index (χ1n) is 21.2. The van der Waals surface area contributed by atoms with Crippen LogP contribution in [0.1, 0.15) is 49.9 Å². The van der Waals surface area contributed by atoms with E-state index in [0.717, 1.165) is 55.7 Å². The van der Waals surface area contributed by atoms with Gasteiger partial charge in [0.2, 0.25) is 0 Å². The van der Waals surface area contributed by atoms with Gasteiger partial charge >= 0.3 is 0 Å². The van der Waals surface area contributed by atoms with Gasteiger partial charge in [0.05, 0.1) is 28.1 Å². The molecule has 0 saturated carbocycles. The molecule has 290 valence electrons. The van der Waals surface area contributed by atoms with Crippen molar-refractivity contribution in [2.24, 2.45) is 0 Å². The van der Waals surface area contributed by atoms with Crippen molar-refractivity contribution in [2.75, 3.05) is 0 Å². The summed E-state index contributed by atoms with van der Waals surface area (Å²) in [6.07, 6.45) is 4.17. The highest BCUT2D eigenvalue weighted by Gasteiger charge is 2.45. The van der Waals surface area contributed by atoms with Gasteiger partial charge in [0.25, 0.3) is 0 Å². The maximum absolute atomic E-state index is 5.63. The number of fused-ring (bicyclic) bond motifs is 1. The molecule has 12 rings (SSSR count). The number of benzene rings is 6. The minimum absolute atomic E-state index is 0.334. The van der Waals surface area contributed by atoms with Crippen LogP contribution in [-0.4, -0.2) is 19.5 Å². The fraction of sp³-hybridized carbons (Fsp3) is 0.105. The van der Waals surface area contributed by atoms with Gasteiger partial charge in [-0.1, -0.05) is 161 Å². The van der Waals surface area contributed by atoms with Crippen LogP contribution in [0.15, 0.2) is 182 Å². The molecule has 4 heteroatoms. The van der Waals surface area contributed by atoms with Gasteiger partial charge in [-0.15, -0.1) is 0 Å². The standard InChI is InChI=1S/C57H42N4/c1-56(2)45-31-49(43-25-13-23-41(29-43)39-21-11-19-37(27-39)35-15-7-5-8-16-35)59-51-52-55-46(57(3,4)48-34-58-33-47(56)53(48)61(55)54(45)51)32-50(60-52)44-26-14-24-42(30-44)40-22-12-20-38(28-40)36-17-9-6-10-18-36/h5-34H,1-4H3. The topological polar surface area (TPSA) is 43.6 Å². The average molecular weight is 783 g/mol. The third kappa shape index (κ3) is 5.35. The Morgan fingerprint density at radius 2 is 0.672 bits per heavy atom. The van der Waals surface area contributed by atoms with E-state index in [2.05, 4.69) is 215 Å². The summed E-state index contributed by atoms with van der Waals surface area (Å²) in [5, 5.41) is 0. The van der Waals surface area contributed by atoms with Crippen LogP contribution in [0.2, 0.25) is 0 Å². The third-order valence-electron chi connectivity index (χ3n) is 13.4. The second kappa shape index (κ2) is 13.0. The Labute approximate surface area is 355 Å². The normalized spacial score (nSPS) is 14.2. The Hall–Kier alpha value is -7.43. The molecule has 2 aliphatic heterocycles. The predicted octanol–water partition coefficient (Wildman–Crippen LogP) is 14.2. The number of hydrogen-bond donors (Lipinski definition) is 0. The van der Waals surface area contributed by atoms with Crippen LogP contribution in [0.3, 0.4) is 0 Å². The lowest BCUT2D eigenvalue weighted by molar-refractivity contribution is 0.587. The molecule has 4 aromatic heterocycles. The molecule has 10 aromatic rings. The molecule has 0 fully saturated rings. The largest absolute Gasteiger partial charge is 0.305 e. The molecular weight excluding hydrogens is 741 g/mol. The number of nitrogens with zero attached hydrogens (tertiary/aromatic N) is 4. The summed E-state index contributed by atoms with van der Waals surface area (Å²) in [6.45, 7) is 9.37. The molecular formula is C57H42N4. The molecule has 0 bridgehead atoms. The Morgan fingerprint density at radius 1 is 0.344 bits per heavy atom. The van der Waals surface area contributed by atoms with Crippen LogP contribution >= 0.6 is 0 Å². The highest BCUT2D eigenvalue weighted by atomic mass is 15.1. The van der Waals surface area contributed by atoms with Crippen molar-refractivity contribution < 1.29 is 0 Å². The van der Waals surface area contributed by atoms with Crippen molar-refractivity contribution in [3.05, 3.63) is 205 Å². The van der Waals surface area contributed by atoms with Crippen molar-refractivity contribution in [3.63, 3.8) is 0 Å². The Morgan fingerprint density at radius 3 is 1.07 bits per heavy atom. The van der Waals surface area contributed by atoms with Crippen LogP contribution in [0.4, 0.5) is 0 Å². The minimum atomic E-state index is -0.334. The molecule has 0 N–H and O–H groups in total. The SMILES string of the molecule is CC1(C)c2cncc3c2-n2c4c1cc(-c1cccc(-c5cccc(-c6ccccc6)c5)c1)nc4c1nc(-c4cccc(-c5cccc(-c6ccccc6)c5)c4)cc(c12)C3(C)C. The number of hydrogen-bond acceptors (Lipinski definition) is 3. The molecule has 4 nitrogen and oxygen atoms in total. The first kappa shape index (κ1) is 35.5. The summed E-state index contributed by atoms with van der Waals surface area (Å²) in [4.78, 5) is 16.2. The molecule has 0 saturated heterocycles. The summed E-state index contributed by atoms with van der Waals surface area (Å²) >= 11 is 0. The van der Waals surface area contributed by atoms with Gasteiger partial charge in [0.15, 0.2) is 0 Å². The third-order valence-corrected chi connectivity index (χ3v) is 13.4. The maximum Gasteiger partial charge on any atom is 0.116 e. The molecule has 2 aliphatic rings. The van der Waals surface area contributed by atoms with E-state index in [1.165, 1.54) is 61.3 Å².